The number of nitrogens with zero attached hydrogens (tertiary/aromatic N) is 2. The summed E-state index contributed by atoms with van der Waals surface area (Å²) in [4.78, 5) is 28.7. The quantitative estimate of drug-likeness (QED) is 0.444. The zero-order valence-corrected chi connectivity index (χ0v) is 17.0. The molecule has 0 saturated heterocycles. The highest BCUT2D eigenvalue weighted by Gasteiger charge is 2.24. The maximum Gasteiger partial charge on any atom is 0.189 e. The largest absolute Gasteiger partial charge is 0.484 e. The molecule has 1 aliphatic rings. The van der Waals surface area contributed by atoms with Gasteiger partial charge in [-0.1, -0.05) is 6.07 Å². The summed E-state index contributed by atoms with van der Waals surface area (Å²) in [5, 5.41) is 2.02. The molecular weight excluding hydrogens is 396 g/mol. The zero-order chi connectivity index (χ0) is 20.3. The number of aromatic amines is 2. The molecule has 7 heteroatoms. The van der Waals surface area contributed by atoms with Crippen LogP contribution in [0.1, 0.15) is 44.7 Å². The van der Waals surface area contributed by atoms with Gasteiger partial charge in [0.05, 0.1) is 24.0 Å². The molecule has 0 amide bonds. The van der Waals surface area contributed by atoms with Crippen molar-refractivity contribution in [3.8, 4) is 5.75 Å². The van der Waals surface area contributed by atoms with Gasteiger partial charge in [0.1, 0.15) is 11.9 Å². The molecule has 1 aromatic carbocycles. The van der Waals surface area contributed by atoms with Crippen LogP contribution in [0.5, 0.6) is 5.75 Å². The predicted octanol–water partition coefficient (Wildman–Crippen LogP) is 4.77. The Labute approximate surface area is 177 Å². The van der Waals surface area contributed by atoms with E-state index >= 15 is 0 Å². The Morgan fingerprint density at radius 1 is 1.13 bits per heavy atom. The molecule has 1 aliphatic carbocycles. The van der Waals surface area contributed by atoms with Crippen LogP contribution >= 0.6 is 11.3 Å². The number of Topliss-reactive ketones (excluding diaryl/α,β-unsaturated/α-hetero) is 1. The van der Waals surface area contributed by atoms with Gasteiger partial charge in [0.25, 0.3) is 0 Å². The first-order chi connectivity index (χ1) is 14.8. The summed E-state index contributed by atoms with van der Waals surface area (Å²) in [5.74, 6) is 0.840. The molecule has 0 fully saturated rings. The molecule has 4 aromatic rings. The summed E-state index contributed by atoms with van der Waals surface area (Å²) in [7, 11) is 0. The molecule has 5 rings (SSSR count). The summed E-state index contributed by atoms with van der Waals surface area (Å²) >= 11 is 1.64. The molecule has 0 spiro atoms. The fourth-order valence-electron chi connectivity index (χ4n) is 3.72. The van der Waals surface area contributed by atoms with E-state index in [1.807, 2.05) is 54.2 Å². The number of ether oxygens (including phenoxy) is 1. The third-order valence-corrected chi connectivity index (χ3v) is 6.03. The molecule has 3 aromatic heterocycles. The maximum absolute atomic E-state index is 12.9. The monoisotopic (exact) mass is 416 g/mol. The zero-order valence-electron chi connectivity index (χ0n) is 16.2. The molecule has 0 saturated carbocycles. The van der Waals surface area contributed by atoms with Crippen LogP contribution in [0.2, 0.25) is 0 Å². The molecule has 3 heterocycles. The highest BCUT2D eigenvalue weighted by atomic mass is 32.1. The molecule has 150 valence electrons. The number of H-pyrrole nitrogens is 2. The number of thiophene rings is 1. The first kappa shape index (κ1) is 18.6. The third kappa shape index (κ3) is 3.84. The Bertz CT molecular complexity index is 1160. The van der Waals surface area contributed by atoms with Crippen LogP contribution < -0.4 is 4.74 Å². The second-order valence-electron chi connectivity index (χ2n) is 7.20. The average Bonchev–Trinajstić information content (AvgIpc) is 3.53. The number of hydrogen-bond donors (Lipinski definition) is 2. The maximum atomic E-state index is 12.9. The van der Waals surface area contributed by atoms with E-state index in [-0.39, 0.29) is 11.9 Å². The van der Waals surface area contributed by atoms with Gasteiger partial charge in [-0.3, -0.25) is 4.79 Å². The third-order valence-electron chi connectivity index (χ3n) is 5.21. The average molecular weight is 417 g/mol. The standard InChI is InChI=1S/C23H20N4O2S/c28-23-16(9-19-2-1-7-30-19)4-3-15-8-18(5-6-20(15)23)29-22(21-12-25-14-27-21)10-17-11-24-13-26-17/h1-2,5-9,11-14,22H,3-4,10H2,(H,24,26)(H,25,27). The number of aryl methyl sites for hydroxylation is 1. The number of rotatable bonds is 6. The molecule has 6 nitrogen and oxygen atoms in total. The van der Waals surface area contributed by atoms with Gasteiger partial charge < -0.3 is 14.7 Å². The van der Waals surface area contributed by atoms with Crippen LogP contribution in [0.15, 0.2) is 66.3 Å². The van der Waals surface area contributed by atoms with E-state index in [1.165, 1.54) is 0 Å². The van der Waals surface area contributed by atoms with Gasteiger partial charge >= 0.3 is 0 Å². The number of allylic oxidation sites excluding steroid dienone is 1. The van der Waals surface area contributed by atoms with Crippen LogP contribution in [-0.4, -0.2) is 25.7 Å². The first-order valence-corrected chi connectivity index (χ1v) is 10.7. The minimum Gasteiger partial charge on any atom is -0.484 e. The van der Waals surface area contributed by atoms with Gasteiger partial charge in [0, 0.05) is 34.8 Å². The number of benzene rings is 1. The Kier molecular flexibility index (Phi) is 5.03. The first-order valence-electron chi connectivity index (χ1n) is 9.81. The van der Waals surface area contributed by atoms with Crippen molar-refractivity contribution in [2.24, 2.45) is 0 Å². The number of fused-ring (bicyclic) bond motifs is 1. The lowest BCUT2D eigenvalue weighted by molar-refractivity contribution is 0.102. The molecule has 0 bridgehead atoms. The number of hydrogen-bond acceptors (Lipinski definition) is 5. The lowest BCUT2D eigenvalue weighted by atomic mass is 9.86. The molecule has 0 radical (unpaired) electrons. The molecular formula is C23H20N4O2S. The highest BCUT2D eigenvalue weighted by Crippen LogP contribution is 2.32. The van der Waals surface area contributed by atoms with Crippen molar-refractivity contribution in [3.63, 3.8) is 0 Å². The number of ketones is 1. The molecule has 1 unspecified atom stereocenters. The van der Waals surface area contributed by atoms with Gasteiger partial charge in [0.2, 0.25) is 0 Å². The van der Waals surface area contributed by atoms with Crippen molar-refractivity contribution < 1.29 is 9.53 Å². The van der Waals surface area contributed by atoms with Gasteiger partial charge in [0.15, 0.2) is 5.78 Å². The van der Waals surface area contributed by atoms with Crippen molar-refractivity contribution in [1.82, 2.24) is 19.9 Å². The molecule has 2 N–H and O–H groups in total. The van der Waals surface area contributed by atoms with Crippen LogP contribution in [0.4, 0.5) is 0 Å². The smallest absolute Gasteiger partial charge is 0.189 e. The number of imidazole rings is 2. The van der Waals surface area contributed by atoms with E-state index in [2.05, 4.69) is 19.9 Å². The lowest BCUT2D eigenvalue weighted by Gasteiger charge is -2.21. The number of aromatic nitrogens is 4. The van der Waals surface area contributed by atoms with Crippen LogP contribution in [-0.2, 0) is 12.8 Å². The van der Waals surface area contributed by atoms with E-state index in [1.54, 1.807) is 24.0 Å². The molecule has 0 aliphatic heterocycles. The van der Waals surface area contributed by atoms with Gasteiger partial charge in [-0.25, -0.2) is 9.97 Å². The number of nitrogens with one attached hydrogen (secondary N) is 2. The van der Waals surface area contributed by atoms with Gasteiger partial charge in [-0.15, -0.1) is 11.3 Å². The topological polar surface area (TPSA) is 83.7 Å². The second kappa shape index (κ2) is 8.12. The minimum atomic E-state index is -0.272. The van der Waals surface area contributed by atoms with E-state index < -0.39 is 0 Å². The second-order valence-corrected chi connectivity index (χ2v) is 8.18. The predicted molar refractivity (Wildman–Crippen MR) is 116 cm³/mol. The number of carbonyl (C=O) groups excluding carboxylic acids is 1. The van der Waals surface area contributed by atoms with Gasteiger partial charge in [-0.05, 0) is 54.1 Å². The van der Waals surface area contributed by atoms with Crippen molar-refractivity contribution >= 4 is 23.2 Å². The Morgan fingerprint density at radius 2 is 2.03 bits per heavy atom. The minimum absolute atomic E-state index is 0.108. The van der Waals surface area contributed by atoms with E-state index in [0.717, 1.165) is 51.6 Å². The lowest BCUT2D eigenvalue weighted by Crippen LogP contribution is -2.15. The van der Waals surface area contributed by atoms with Gasteiger partial charge in [-0.2, -0.15) is 0 Å². The number of carbonyl (C=O) groups is 1. The normalized spacial score (nSPS) is 15.9. The van der Waals surface area contributed by atoms with Crippen molar-refractivity contribution in [2.75, 3.05) is 0 Å². The van der Waals surface area contributed by atoms with Crippen LogP contribution in [0, 0.1) is 0 Å². The van der Waals surface area contributed by atoms with E-state index in [4.69, 9.17) is 4.74 Å². The van der Waals surface area contributed by atoms with Crippen molar-refractivity contribution in [3.05, 3.63) is 93.7 Å². The van der Waals surface area contributed by atoms with E-state index in [0.29, 0.717) is 6.42 Å². The summed E-state index contributed by atoms with van der Waals surface area (Å²) in [6.45, 7) is 0. The Balaban J connectivity index is 1.38. The molecule has 1 atom stereocenters. The van der Waals surface area contributed by atoms with Crippen molar-refractivity contribution in [2.45, 2.75) is 25.4 Å². The Hall–Kier alpha value is -3.45. The highest BCUT2D eigenvalue weighted by molar-refractivity contribution is 7.10. The van der Waals surface area contributed by atoms with Crippen LogP contribution in [0.3, 0.4) is 0 Å². The Morgan fingerprint density at radius 3 is 2.80 bits per heavy atom. The fraction of sp³-hybridized carbons (Fsp3) is 0.174. The summed E-state index contributed by atoms with van der Waals surface area (Å²) in [6, 6.07) is 9.77. The van der Waals surface area contributed by atoms with E-state index in [9.17, 15) is 4.79 Å². The summed E-state index contributed by atoms with van der Waals surface area (Å²) in [6.07, 6.45) is 10.9. The SMILES string of the molecule is O=C1C(=Cc2cccs2)CCc2cc(OC(Cc3c[nH]cn3)c3c[nH]cn3)ccc21. The van der Waals surface area contributed by atoms with Crippen molar-refractivity contribution in [1.29, 1.82) is 0 Å². The van der Waals surface area contributed by atoms with Crippen LogP contribution in [0.25, 0.3) is 6.08 Å². The fourth-order valence-corrected chi connectivity index (χ4v) is 4.40. The summed E-state index contributed by atoms with van der Waals surface area (Å²) < 4.78 is 6.28. The molecule has 30 heavy (non-hydrogen) atoms. The summed E-state index contributed by atoms with van der Waals surface area (Å²) in [5.41, 5.74) is 4.38.